The van der Waals surface area contributed by atoms with Gasteiger partial charge in [-0.05, 0) is 42.2 Å². The van der Waals surface area contributed by atoms with Crippen molar-refractivity contribution in [1.82, 2.24) is 0 Å². The first-order valence-electron chi connectivity index (χ1n) is 5.51. The summed E-state index contributed by atoms with van der Waals surface area (Å²) >= 11 is 0. The van der Waals surface area contributed by atoms with E-state index in [9.17, 15) is 0 Å². The number of rotatable bonds is 1. The molecule has 0 aromatic carbocycles. The first kappa shape index (κ1) is 9.82. The normalized spacial score (nSPS) is 30.0. The average Bonchev–Trinajstić information content (AvgIpc) is 2.40. The molecule has 0 aromatic heterocycles. The molecule has 0 spiro atoms. The summed E-state index contributed by atoms with van der Waals surface area (Å²) < 4.78 is 5.45. The number of hydrogen-bond donors (Lipinski definition) is 0. The maximum atomic E-state index is 5.45. The Morgan fingerprint density at radius 1 is 1.43 bits per heavy atom. The fraction of sp³-hybridized carbons (Fsp3) is 0.692. The van der Waals surface area contributed by atoms with Crippen LogP contribution in [0.5, 0.6) is 0 Å². The minimum absolute atomic E-state index is 0.459. The lowest BCUT2D eigenvalue weighted by Crippen LogP contribution is -2.19. The van der Waals surface area contributed by atoms with Crippen molar-refractivity contribution in [2.75, 3.05) is 7.11 Å². The molecule has 2 rings (SSSR count). The van der Waals surface area contributed by atoms with Crippen LogP contribution in [0.4, 0.5) is 0 Å². The summed E-state index contributed by atoms with van der Waals surface area (Å²) in [6, 6.07) is 0. The van der Waals surface area contributed by atoms with Crippen LogP contribution < -0.4 is 0 Å². The van der Waals surface area contributed by atoms with Crippen molar-refractivity contribution in [3.05, 3.63) is 23.0 Å². The van der Waals surface area contributed by atoms with E-state index in [0.29, 0.717) is 11.3 Å². The molecular formula is C13H20O. The quantitative estimate of drug-likeness (QED) is 0.616. The smallest absolute Gasteiger partial charge is 0.118 e. The summed E-state index contributed by atoms with van der Waals surface area (Å²) in [5.74, 6) is 1.75. The van der Waals surface area contributed by atoms with E-state index in [4.69, 9.17) is 4.74 Å². The third-order valence-electron chi connectivity index (χ3n) is 3.58. The Kier molecular flexibility index (Phi) is 2.21. The molecule has 0 saturated carbocycles. The lowest BCUT2D eigenvalue weighted by Gasteiger charge is -2.32. The van der Waals surface area contributed by atoms with E-state index in [-0.39, 0.29) is 0 Å². The average molecular weight is 192 g/mol. The summed E-state index contributed by atoms with van der Waals surface area (Å²) in [6.07, 6.45) is 6.03. The van der Waals surface area contributed by atoms with Crippen LogP contribution in [0.3, 0.4) is 0 Å². The van der Waals surface area contributed by atoms with Crippen molar-refractivity contribution in [3.8, 4) is 0 Å². The van der Waals surface area contributed by atoms with E-state index >= 15 is 0 Å². The van der Waals surface area contributed by atoms with Gasteiger partial charge in [0.2, 0.25) is 0 Å². The molecule has 1 atom stereocenters. The molecule has 0 amide bonds. The zero-order chi connectivity index (χ0) is 10.3. The molecule has 1 heteroatoms. The highest BCUT2D eigenvalue weighted by Gasteiger charge is 2.33. The van der Waals surface area contributed by atoms with E-state index in [1.807, 2.05) is 0 Å². The second-order valence-electron chi connectivity index (χ2n) is 5.37. The van der Waals surface area contributed by atoms with Crippen LogP contribution >= 0.6 is 0 Å². The number of methoxy groups -OCH3 is 1. The molecule has 0 unspecified atom stereocenters. The largest absolute Gasteiger partial charge is 0.497 e. The summed E-state index contributed by atoms with van der Waals surface area (Å²) in [7, 11) is 1.79. The summed E-state index contributed by atoms with van der Waals surface area (Å²) in [5.41, 5.74) is 3.58. The van der Waals surface area contributed by atoms with Crippen molar-refractivity contribution < 1.29 is 4.74 Å². The zero-order valence-corrected chi connectivity index (χ0v) is 9.68. The molecule has 0 bridgehead atoms. The summed E-state index contributed by atoms with van der Waals surface area (Å²) in [6.45, 7) is 6.99. The second-order valence-corrected chi connectivity index (χ2v) is 5.37. The van der Waals surface area contributed by atoms with Crippen molar-refractivity contribution >= 4 is 0 Å². The number of allylic oxidation sites excluding steroid dienone is 3. The van der Waals surface area contributed by atoms with Gasteiger partial charge in [-0.2, -0.15) is 0 Å². The Hall–Kier alpha value is -0.720. The summed E-state index contributed by atoms with van der Waals surface area (Å²) in [4.78, 5) is 0. The molecule has 0 fully saturated rings. The monoisotopic (exact) mass is 192 g/mol. The minimum atomic E-state index is 0.459. The van der Waals surface area contributed by atoms with Crippen LogP contribution in [-0.2, 0) is 4.74 Å². The lowest BCUT2D eigenvalue weighted by molar-refractivity contribution is 0.269. The molecule has 0 N–H and O–H groups in total. The van der Waals surface area contributed by atoms with Gasteiger partial charge in [0.05, 0.1) is 7.11 Å². The van der Waals surface area contributed by atoms with Gasteiger partial charge in [-0.15, -0.1) is 0 Å². The molecule has 0 aromatic rings. The van der Waals surface area contributed by atoms with Gasteiger partial charge in [0, 0.05) is 0 Å². The first-order chi connectivity index (χ1) is 6.53. The van der Waals surface area contributed by atoms with E-state index in [0.717, 1.165) is 5.76 Å². The van der Waals surface area contributed by atoms with Crippen LogP contribution in [-0.4, -0.2) is 7.11 Å². The Balaban J connectivity index is 2.31. The molecule has 2 aliphatic rings. The van der Waals surface area contributed by atoms with Gasteiger partial charge < -0.3 is 4.74 Å². The standard InChI is InChI=1S/C13H20O/c1-9-7-12(14-4)11-8-13(2,3)6-5-10(9)11/h7,9H,5-6,8H2,1-4H3/t9-/m0/s1. The Labute approximate surface area is 86.8 Å². The second kappa shape index (κ2) is 3.15. The van der Waals surface area contributed by atoms with Gasteiger partial charge in [-0.3, -0.25) is 0 Å². The summed E-state index contributed by atoms with van der Waals surface area (Å²) in [5, 5.41) is 0. The topological polar surface area (TPSA) is 9.23 Å². The third-order valence-corrected chi connectivity index (χ3v) is 3.58. The molecule has 0 aliphatic heterocycles. The van der Waals surface area contributed by atoms with E-state index in [2.05, 4.69) is 26.8 Å². The van der Waals surface area contributed by atoms with Crippen molar-refractivity contribution in [2.24, 2.45) is 11.3 Å². The van der Waals surface area contributed by atoms with E-state index < -0.39 is 0 Å². The van der Waals surface area contributed by atoms with Gasteiger partial charge in [0.1, 0.15) is 5.76 Å². The fourth-order valence-electron chi connectivity index (χ4n) is 2.67. The van der Waals surface area contributed by atoms with Gasteiger partial charge >= 0.3 is 0 Å². The maximum Gasteiger partial charge on any atom is 0.118 e. The molecule has 1 nitrogen and oxygen atoms in total. The number of ether oxygens (including phenoxy) is 1. The highest BCUT2D eigenvalue weighted by atomic mass is 16.5. The van der Waals surface area contributed by atoms with E-state index in [1.165, 1.54) is 24.8 Å². The highest BCUT2D eigenvalue weighted by Crippen LogP contribution is 2.47. The Morgan fingerprint density at radius 3 is 2.79 bits per heavy atom. The van der Waals surface area contributed by atoms with Gasteiger partial charge in [0.15, 0.2) is 0 Å². The van der Waals surface area contributed by atoms with Gasteiger partial charge in [0.25, 0.3) is 0 Å². The van der Waals surface area contributed by atoms with Gasteiger partial charge in [-0.25, -0.2) is 0 Å². The SMILES string of the molecule is COC1=C[C@H](C)C2=C1CC(C)(C)CC2. The molecule has 0 heterocycles. The Bertz CT molecular complexity index is 307. The third kappa shape index (κ3) is 1.49. The molecule has 0 saturated heterocycles. The molecule has 14 heavy (non-hydrogen) atoms. The minimum Gasteiger partial charge on any atom is -0.497 e. The van der Waals surface area contributed by atoms with Crippen LogP contribution in [0.15, 0.2) is 23.0 Å². The molecule has 2 aliphatic carbocycles. The maximum absolute atomic E-state index is 5.45. The molecule has 78 valence electrons. The Morgan fingerprint density at radius 2 is 2.14 bits per heavy atom. The lowest BCUT2D eigenvalue weighted by atomic mass is 9.74. The van der Waals surface area contributed by atoms with Crippen LogP contribution in [0, 0.1) is 11.3 Å². The van der Waals surface area contributed by atoms with Gasteiger partial charge in [-0.1, -0.05) is 26.3 Å². The predicted molar refractivity (Wildman–Crippen MR) is 58.9 cm³/mol. The molecule has 0 radical (unpaired) electrons. The molecular weight excluding hydrogens is 172 g/mol. The van der Waals surface area contributed by atoms with Crippen LogP contribution in [0.25, 0.3) is 0 Å². The van der Waals surface area contributed by atoms with Crippen molar-refractivity contribution in [1.29, 1.82) is 0 Å². The predicted octanol–water partition coefficient (Wildman–Crippen LogP) is 3.67. The zero-order valence-electron chi connectivity index (χ0n) is 9.68. The van der Waals surface area contributed by atoms with E-state index in [1.54, 1.807) is 12.7 Å². The highest BCUT2D eigenvalue weighted by molar-refractivity contribution is 5.43. The van der Waals surface area contributed by atoms with Crippen LogP contribution in [0.1, 0.15) is 40.0 Å². The first-order valence-corrected chi connectivity index (χ1v) is 5.51. The number of hydrogen-bond acceptors (Lipinski definition) is 1. The van der Waals surface area contributed by atoms with Crippen LogP contribution in [0.2, 0.25) is 0 Å². The van der Waals surface area contributed by atoms with Crippen molar-refractivity contribution in [3.63, 3.8) is 0 Å². The van der Waals surface area contributed by atoms with Crippen molar-refractivity contribution in [2.45, 2.75) is 40.0 Å². The fourth-order valence-corrected chi connectivity index (χ4v) is 2.67.